The standard InChI is InChI=1S/C9H14N2/c1-7-5-8(6-10)9-3-2-4-11(7)9/h5H,2-4,6,10H2,1H3. The number of rotatable bonds is 1. The monoisotopic (exact) mass is 150 g/mol. The molecule has 0 amide bonds. The summed E-state index contributed by atoms with van der Waals surface area (Å²) in [5.74, 6) is 0. The van der Waals surface area contributed by atoms with Crippen LogP contribution in [-0.4, -0.2) is 4.57 Å². The van der Waals surface area contributed by atoms with E-state index >= 15 is 0 Å². The Morgan fingerprint density at radius 1 is 1.64 bits per heavy atom. The third-order valence-electron chi connectivity index (χ3n) is 2.52. The molecular formula is C9H14N2. The molecule has 2 rings (SSSR count). The predicted octanol–water partition coefficient (Wildman–Crippen LogP) is 1.20. The van der Waals surface area contributed by atoms with Gasteiger partial charge >= 0.3 is 0 Å². The highest BCUT2D eigenvalue weighted by Crippen LogP contribution is 2.22. The summed E-state index contributed by atoms with van der Waals surface area (Å²) in [6.07, 6.45) is 2.52. The second kappa shape index (κ2) is 2.38. The van der Waals surface area contributed by atoms with Gasteiger partial charge in [-0.25, -0.2) is 0 Å². The zero-order valence-electron chi connectivity index (χ0n) is 6.93. The van der Waals surface area contributed by atoms with Gasteiger partial charge in [-0.1, -0.05) is 0 Å². The number of aromatic nitrogens is 1. The van der Waals surface area contributed by atoms with E-state index in [1.165, 1.54) is 36.3 Å². The zero-order valence-corrected chi connectivity index (χ0v) is 6.93. The van der Waals surface area contributed by atoms with Gasteiger partial charge in [0.05, 0.1) is 0 Å². The Morgan fingerprint density at radius 2 is 2.45 bits per heavy atom. The van der Waals surface area contributed by atoms with E-state index in [2.05, 4.69) is 17.6 Å². The van der Waals surface area contributed by atoms with Crippen LogP contribution in [0.4, 0.5) is 0 Å². The maximum Gasteiger partial charge on any atom is 0.0228 e. The van der Waals surface area contributed by atoms with E-state index in [1.54, 1.807) is 0 Å². The number of aryl methyl sites for hydroxylation is 1. The molecule has 0 unspecified atom stereocenters. The van der Waals surface area contributed by atoms with E-state index in [1.807, 2.05) is 0 Å². The molecule has 0 saturated heterocycles. The Kier molecular flexibility index (Phi) is 1.50. The Balaban J connectivity index is 2.52. The second-order valence-electron chi connectivity index (χ2n) is 3.22. The van der Waals surface area contributed by atoms with Crippen LogP contribution in [0.1, 0.15) is 23.4 Å². The summed E-state index contributed by atoms with van der Waals surface area (Å²) in [7, 11) is 0. The average Bonchev–Trinajstić information content (AvgIpc) is 2.54. The van der Waals surface area contributed by atoms with E-state index in [4.69, 9.17) is 5.73 Å². The molecule has 2 heterocycles. The first kappa shape index (κ1) is 6.92. The molecule has 0 radical (unpaired) electrons. The Morgan fingerprint density at radius 3 is 3.18 bits per heavy atom. The maximum atomic E-state index is 5.62. The molecule has 1 aromatic rings. The van der Waals surface area contributed by atoms with Gasteiger partial charge in [0.25, 0.3) is 0 Å². The van der Waals surface area contributed by atoms with Crippen molar-refractivity contribution >= 4 is 0 Å². The summed E-state index contributed by atoms with van der Waals surface area (Å²) < 4.78 is 2.39. The van der Waals surface area contributed by atoms with Crippen molar-refractivity contribution in [1.29, 1.82) is 0 Å². The van der Waals surface area contributed by atoms with Gasteiger partial charge in [0.2, 0.25) is 0 Å². The molecule has 0 atom stereocenters. The summed E-state index contributed by atoms with van der Waals surface area (Å²) in [4.78, 5) is 0. The van der Waals surface area contributed by atoms with Crippen LogP contribution in [0.2, 0.25) is 0 Å². The van der Waals surface area contributed by atoms with Crippen molar-refractivity contribution in [2.45, 2.75) is 32.9 Å². The van der Waals surface area contributed by atoms with Gasteiger partial charge in [-0.15, -0.1) is 0 Å². The summed E-state index contributed by atoms with van der Waals surface area (Å²) >= 11 is 0. The van der Waals surface area contributed by atoms with E-state index in [9.17, 15) is 0 Å². The number of hydrogen-bond donors (Lipinski definition) is 1. The van der Waals surface area contributed by atoms with Crippen molar-refractivity contribution in [3.63, 3.8) is 0 Å². The molecule has 0 aromatic carbocycles. The number of nitrogens with zero attached hydrogens (tertiary/aromatic N) is 1. The van der Waals surface area contributed by atoms with Gasteiger partial charge in [-0.05, 0) is 31.4 Å². The molecule has 0 fully saturated rings. The first-order valence-corrected chi connectivity index (χ1v) is 4.21. The second-order valence-corrected chi connectivity index (χ2v) is 3.22. The van der Waals surface area contributed by atoms with Crippen LogP contribution >= 0.6 is 0 Å². The molecule has 0 aliphatic carbocycles. The van der Waals surface area contributed by atoms with Crippen molar-refractivity contribution in [3.8, 4) is 0 Å². The van der Waals surface area contributed by atoms with Crippen LogP contribution in [0, 0.1) is 6.92 Å². The van der Waals surface area contributed by atoms with Crippen molar-refractivity contribution in [2.24, 2.45) is 5.73 Å². The lowest BCUT2D eigenvalue weighted by Gasteiger charge is -1.99. The zero-order chi connectivity index (χ0) is 7.84. The molecular weight excluding hydrogens is 136 g/mol. The lowest BCUT2D eigenvalue weighted by Crippen LogP contribution is -1.99. The summed E-state index contributed by atoms with van der Waals surface area (Å²) in [6, 6.07) is 2.22. The SMILES string of the molecule is Cc1cc(CN)c2n1CCC2. The fourth-order valence-electron chi connectivity index (χ4n) is 1.99. The molecule has 2 heteroatoms. The van der Waals surface area contributed by atoms with Gasteiger partial charge in [-0.2, -0.15) is 0 Å². The molecule has 2 nitrogen and oxygen atoms in total. The molecule has 1 aliphatic heterocycles. The molecule has 1 aliphatic rings. The van der Waals surface area contributed by atoms with Crippen LogP contribution in [0.15, 0.2) is 6.07 Å². The highest BCUT2D eigenvalue weighted by atomic mass is 15.0. The fourth-order valence-corrected chi connectivity index (χ4v) is 1.99. The fraction of sp³-hybridized carbons (Fsp3) is 0.556. The molecule has 60 valence electrons. The minimum atomic E-state index is 0.698. The minimum absolute atomic E-state index is 0.698. The van der Waals surface area contributed by atoms with Crippen LogP contribution in [0.3, 0.4) is 0 Å². The van der Waals surface area contributed by atoms with Gasteiger partial charge < -0.3 is 10.3 Å². The summed E-state index contributed by atoms with van der Waals surface area (Å²) in [6.45, 7) is 4.05. The van der Waals surface area contributed by atoms with Crippen molar-refractivity contribution in [1.82, 2.24) is 4.57 Å². The normalized spacial score (nSPS) is 15.5. The molecule has 11 heavy (non-hydrogen) atoms. The summed E-state index contributed by atoms with van der Waals surface area (Å²) in [5.41, 5.74) is 9.82. The van der Waals surface area contributed by atoms with Crippen molar-refractivity contribution < 1.29 is 0 Å². The lowest BCUT2D eigenvalue weighted by atomic mass is 10.2. The third-order valence-corrected chi connectivity index (χ3v) is 2.52. The van der Waals surface area contributed by atoms with Crippen molar-refractivity contribution in [2.75, 3.05) is 0 Å². The summed E-state index contributed by atoms with van der Waals surface area (Å²) in [5, 5.41) is 0. The van der Waals surface area contributed by atoms with Gasteiger partial charge in [-0.3, -0.25) is 0 Å². The lowest BCUT2D eigenvalue weighted by molar-refractivity contribution is 0.729. The van der Waals surface area contributed by atoms with Crippen LogP contribution < -0.4 is 5.73 Å². The molecule has 2 N–H and O–H groups in total. The smallest absolute Gasteiger partial charge is 0.0228 e. The highest BCUT2D eigenvalue weighted by Gasteiger charge is 2.15. The minimum Gasteiger partial charge on any atom is -0.349 e. The average molecular weight is 150 g/mol. The predicted molar refractivity (Wildman–Crippen MR) is 45.4 cm³/mol. The van der Waals surface area contributed by atoms with Gasteiger partial charge in [0, 0.05) is 24.5 Å². The Bertz CT molecular complexity index is 273. The topological polar surface area (TPSA) is 30.9 Å². The number of nitrogens with two attached hydrogens (primary N) is 1. The molecule has 1 aromatic heterocycles. The van der Waals surface area contributed by atoms with Gasteiger partial charge in [0.1, 0.15) is 0 Å². The van der Waals surface area contributed by atoms with Crippen molar-refractivity contribution in [3.05, 3.63) is 23.0 Å². The molecule has 0 spiro atoms. The largest absolute Gasteiger partial charge is 0.349 e. The van der Waals surface area contributed by atoms with Crippen LogP contribution in [0.5, 0.6) is 0 Å². The first-order chi connectivity index (χ1) is 5.33. The Hall–Kier alpha value is -0.760. The molecule has 0 saturated carbocycles. The molecule has 0 bridgehead atoms. The third kappa shape index (κ3) is 0.897. The van der Waals surface area contributed by atoms with Crippen LogP contribution in [-0.2, 0) is 19.5 Å². The van der Waals surface area contributed by atoms with Gasteiger partial charge in [0.15, 0.2) is 0 Å². The number of fused-ring (bicyclic) bond motifs is 1. The van der Waals surface area contributed by atoms with E-state index < -0.39 is 0 Å². The van der Waals surface area contributed by atoms with E-state index in [-0.39, 0.29) is 0 Å². The van der Waals surface area contributed by atoms with E-state index in [0.717, 1.165) is 0 Å². The maximum absolute atomic E-state index is 5.62. The van der Waals surface area contributed by atoms with E-state index in [0.29, 0.717) is 6.54 Å². The van der Waals surface area contributed by atoms with Crippen LogP contribution in [0.25, 0.3) is 0 Å². The Labute approximate surface area is 67.0 Å². The number of hydrogen-bond acceptors (Lipinski definition) is 1. The first-order valence-electron chi connectivity index (χ1n) is 4.21. The quantitative estimate of drug-likeness (QED) is 0.640. The highest BCUT2D eigenvalue weighted by molar-refractivity contribution is 5.29.